The Bertz CT molecular complexity index is 598. The third kappa shape index (κ3) is 3.12. The van der Waals surface area contributed by atoms with Gasteiger partial charge in [0.2, 0.25) is 0 Å². The molecule has 0 aliphatic rings. The molecule has 0 radical (unpaired) electrons. The van der Waals surface area contributed by atoms with Crippen LogP contribution in [0.3, 0.4) is 0 Å². The van der Waals surface area contributed by atoms with Gasteiger partial charge in [0.05, 0.1) is 5.56 Å². The van der Waals surface area contributed by atoms with Gasteiger partial charge in [0.15, 0.2) is 0 Å². The van der Waals surface area contributed by atoms with Crippen molar-refractivity contribution >= 4 is 11.7 Å². The van der Waals surface area contributed by atoms with Crippen LogP contribution in [0, 0.1) is 5.82 Å². The van der Waals surface area contributed by atoms with Crippen LogP contribution in [0.5, 0.6) is 0 Å². The van der Waals surface area contributed by atoms with E-state index in [9.17, 15) is 9.18 Å². The van der Waals surface area contributed by atoms with Gasteiger partial charge in [-0.15, -0.1) is 0 Å². The molecule has 5 heteroatoms. The van der Waals surface area contributed by atoms with Gasteiger partial charge >= 0.3 is 0 Å². The number of amides is 1. The van der Waals surface area contributed by atoms with E-state index < -0.39 is 0 Å². The van der Waals surface area contributed by atoms with E-state index in [0.29, 0.717) is 17.9 Å². The highest BCUT2D eigenvalue weighted by molar-refractivity contribution is 5.98. The zero-order valence-electron chi connectivity index (χ0n) is 11.4. The van der Waals surface area contributed by atoms with Gasteiger partial charge in [-0.25, -0.2) is 9.37 Å². The van der Waals surface area contributed by atoms with Crippen LogP contribution in [0.1, 0.15) is 15.9 Å². The third-order valence-corrected chi connectivity index (χ3v) is 2.95. The molecule has 4 nitrogen and oxygen atoms in total. The zero-order chi connectivity index (χ0) is 14.5. The van der Waals surface area contributed by atoms with Crippen LogP contribution in [0.25, 0.3) is 0 Å². The van der Waals surface area contributed by atoms with Crippen molar-refractivity contribution in [3.8, 4) is 0 Å². The number of nitrogens with one attached hydrogen (secondary N) is 1. The summed E-state index contributed by atoms with van der Waals surface area (Å²) in [6.07, 6.45) is 1.63. The average Bonchev–Trinajstić information content (AvgIpc) is 2.48. The van der Waals surface area contributed by atoms with Crippen LogP contribution in [-0.2, 0) is 6.54 Å². The molecule has 0 aliphatic carbocycles. The third-order valence-electron chi connectivity index (χ3n) is 2.95. The Morgan fingerprint density at radius 3 is 2.65 bits per heavy atom. The summed E-state index contributed by atoms with van der Waals surface area (Å²) >= 11 is 0. The van der Waals surface area contributed by atoms with Crippen LogP contribution in [-0.4, -0.2) is 29.9 Å². The molecule has 0 spiro atoms. The molecule has 0 bridgehead atoms. The molecular formula is C15H16FN3O. The first kappa shape index (κ1) is 14.0. The Morgan fingerprint density at radius 2 is 2.00 bits per heavy atom. The summed E-state index contributed by atoms with van der Waals surface area (Å²) in [7, 11) is 3.43. The lowest BCUT2D eigenvalue weighted by molar-refractivity contribution is 0.0785. The van der Waals surface area contributed by atoms with Crippen molar-refractivity contribution in [3.05, 3.63) is 59.5 Å². The highest BCUT2D eigenvalue weighted by Gasteiger charge is 2.16. The van der Waals surface area contributed by atoms with E-state index in [2.05, 4.69) is 10.3 Å². The number of rotatable bonds is 4. The number of anilines is 1. The second kappa shape index (κ2) is 6.14. The standard InChI is InChI=1S/C15H16FN3O/c1-17-14-13(4-3-9-18-14)15(20)19(2)10-11-5-7-12(16)8-6-11/h3-9H,10H2,1-2H3,(H,17,18). The lowest BCUT2D eigenvalue weighted by Crippen LogP contribution is -2.27. The number of hydrogen-bond acceptors (Lipinski definition) is 3. The Hall–Kier alpha value is -2.43. The summed E-state index contributed by atoms with van der Waals surface area (Å²) in [4.78, 5) is 18.1. The lowest BCUT2D eigenvalue weighted by Gasteiger charge is -2.18. The SMILES string of the molecule is CNc1ncccc1C(=O)N(C)Cc1ccc(F)cc1. The monoisotopic (exact) mass is 273 g/mol. The molecule has 0 saturated carbocycles. The normalized spacial score (nSPS) is 10.2. The van der Waals surface area contributed by atoms with Crippen molar-refractivity contribution in [2.75, 3.05) is 19.4 Å². The fourth-order valence-electron chi connectivity index (χ4n) is 1.92. The second-order valence-corrected chi connectivity index (χ2v) is 4.44. The predicted octanol–water partition coefficient (Wildman–Crippen LogP) is 2.53. The maximum absolute atomic E-state index is 12.8. The summed E-state index contributed by atoms with van der Waals surface area (Å²) in [5.74, 6) is 0.127. The van der Waals surface area contributed by atoms with Gasteiger partial charge in [-0.2, -0.15) is 0 Å². The molecule has 0 unspecified atom stereocenters. The molecule has 2 rings (SSSR count). The van der Waals surface area contributed by atoms with E-state index >= 15 is 0 Å². The average molecular weight is 273 g/mol. The summed E-state index contributed by atoms with van der Waals surface area (Å²) < 4.78 is 12.8. The summed E-state index contributed by atoms with van der Waals surface area (Å²) in [5.41, 5.74) is 1.39. The Balaban J connectivity index is 2.14. The Morgan fingerprint density at radius 1 is 1.30 bits per heavy atom. The number of aromatic nitrogens is 1. The van der Waals surface area contributed by atoms with Crippen molar-refractivity contribution < 1.29 is 9.18 Å². The number of carbonyl (C=O) groups excluding carboxylic acids is 1. The maximum atomic E-state index is 12.8. The van der Waals surface area contributed by atoms with Crippen LogP contribution >= 0.6 is 0 Å². The quantitative estimate of drug-likeness (QED) is 0.931. The fraction of sp³-hybridized carbons (Fsp3) is 0.200. The van der Waals surface area contributed by atoms with Crippen LogP contribution in [0.2, 0.25) is 0 Å². The molecule has 0 atom stereocenters. The largest absolute Gasteiger partial charge is 0.372 e. The summed E-state index contributed by atoms with van der Waals surface area (Å²) in [6, 6.07) is 9.55. The molecule has 0 fully saturated rings. The molecule has 104 valence electrons. The number of pyridine rings is 1. The van der Waals surface area contributed by atoms with Gasteiger partial charge in [0.1, 0.15) is 11.6 Å². The molecular weight excluding hydrogens is 257 g/mol. The first-order valence-corrected chi connectivity index (χ1v) is 6.24. The van der Waals surface area contributed by atoms with Crippen molar-refractivity contribution in [1.82, 2.24) is 9.88 Å². The smallest absolute Gasteiger partial charge is 0.257 e. The number of nitrogens with zero attached hydrogens (tertiary/aromatic N) is 2. The molecule has 20 heavy (non-hydrogen) atoms. The molecule has 1 aromatic heterocycles. The summed E-state index contributed by atoms with van der Waals surface area (Å²) in [5, 5.41) is 2.89. The second-order valence-electron chi connectivity index (χ2n) is 4.44. The van der Waals surface area contributed by atoms with Crippen molar-refractivity contribution in [1.29, 1.82) is 0 Å². The van der Waals surface area contributed by atoms with E-state index in [4.69, 9.17) is 0 Å². The number of halogens is 1. The minimum atomic E-state index is -0.285. The van der Waals surface area contributed by atoms with Crippen LogP contribution < -0.4 is 5.32 Å². The van der Waals surface area contributed by atoms with E-state index in [-0.39, 0.29) is 11.7 Å². The van der Waals surface area contributed by atoms with E-state index in [0.717, 1.165) is 5.56 Å². The first-order valence-electron chi connectivity index (χ1n) is 6.24. The molecule has 1 aromatic carbocycles. The number of hydrogen-bond donors (Lipinski definition) is 1. The molecule has 1 amide bonds. The fourth-order valence-corrected chi connectivity index (χ4v) is 1.92. The van der Waals surface area contributed by atoms with E-state index in [1.807, 2.05) is 0 Å². The minimum Gasteiger partial charge on any atom is -0.372 e. The number of carbonyl (C=O) groups is 1. The number of benzene rings is 1. The molecule has 2 aromatic rings. The maximum Gasteiger partial charge on any atom is 0.257 e. The molecule has 1 N–H and O–H groups in total. The Kier molecular flexibility index (Phi) is 4.30. The molecule has 1 heterocycles. The van der Waals surface area contributed by atoms with Gasteiger partial charge in [-0.1, -0.05) is 12.1 Å². The molecule has 0 saturated heterocycles. The first-order chi connectivity index (χ1) is 9.61. The van der Waals surface area contributed by atoms with Crippen molar-refractivity contribution in [2.45, 2.75) is 6.54 Å². The highest BCUT2D eigenvalue weighted by Crippen LogP contribution is 2.14. The predicted molar refractivity (Wildman–Crippen MR) is 76.0 cm³/mol. The van der Waals surface area contributed by atoms with Crippen molar-refractivity contribution in [3.63, 3.8) is 0 Å². The van der Waals surface area contributed by atoms with Gasteiger partial charge in [0, 0.05) is 26.8 Å². The van der Waals surface area contributed by atoms with Gasteiger partial charge in [0.25, 0.3) is 5.91 Å². The van der Waals surface area contributed by atoms with Gasteiger partial charge < -0.3 is 10.2 Å². The lowest BCUT2D eigenvalue weighted by atomic mass is 10.2. The molecule has 0 aliphatic heterocycles. The van der Waals surface area contributed by atoms with Gasteiger partial charge in [-0.05, 0) is 29.8 Å². The van der Waals surface area contributed by atoms with Crippen LogP contribution in [0.15, 0.2) is 42.6 Å². The Labute approximate surface area is 117 Å². The summed E-state index contributed by atoms with van der Waals surface area (Å²) in [6.45, 7) is 0.414. The van der Waals surface area contributed by atoms with Crippen molar-refractivity contribution in [2.24, 2.45) is 0 Å². The van der Waals surface area contributed by atoms with E-state index in [1.54, 1.807) is 49.5 Å². The minimum absolute atomic E-state index is 0.133. The zero-order valence-corrected chi connectivity index (χ0v) is 11.4. The van der Waals surface area contributed by atoms with Crippen LogP contribution in [0.4, 0.5) is 10.2 Å². The van der Waals surface area contributed by atoms with E-state index in [1.165, 1.54) is 12.1 Å². The highest BCUT2D eigenvalue weighted by atomic mass is 19.1. The topological polar surface area (TPSA) is 45.2 Å². The van der Waals surface area contributed by atoms with Gasteiger partial charge in [-0.3, -0.25) is 4.79 Å².